The Morgan fingerprint density at radius 3 is 3.00 bits per heavy atom. The molecule has 1 saturated carbocycles. The molecule has 1 amide bonds. The number of fused-ring (bicyclic) bond motifs is 1. The third-order valence-electron chi connectivity index (χ3n) is 4.15. The van der Waals surface area contributed by atoms with Crippen LogP contribution < -0.4 is 16.4 Å². The largest absolute Gasteiger partial charge is 0.365 e. The number of nitrogens with two attached hydrogens (primary N) is 1. The second-order valence-corrected chi connectivity index (χ2v) is 5.82. The van der Waals surface area contributed by atoms with Gasteiger partial charge in [-0.15, -0.1) is 0 Å². The first-order chi connectivity index (χ1) is 10.2. The fourth-order valence-corrected chi connectivity index (χ4v) is 2.74. The number of rotatable bonds is 4. The van der Waals surface area contributed by atoms with Gasteiger partial charge in [-0.2, -0.15) is 5.10 Å². The highest BCUT2D eigenvalue weighted by Gasteiger charge is 2.25. The number of hydrogen-bond donors (Lipinski definition) is 3. The number of carbonyl (C=O) groups is 1. The van der Waals surface area contributed by atoms with E-state index in [1.54, 1.807) is 13.2 Å². The predicted molar refractivity (Wildman–Crippen MR) is 80.1 cm³/mol. The molecule has 1 aliphatic carbocycles. The van der Waals surface area contributed by atoms with E-state index < -0.39 is 5.91 Å². The van der Waals surface area contributed by atoms with Gasteiger partial charge in [0, 0.05) is 26.2 Å². The molecule has 1 fully saturated rings. The summed E-state index contributed by atoms with van der Waals surface area (Å²) in [6, 6.07) is 0.588. The van der Waals surface area contributed by atoms with E-state index in [1.807, 2.05) is 4.68 Å². The van der Waals surface area contributed by atoms with Crippen molar-refractivity contribution >= 4 is 11.9 Å². The van der Waals surface area contributed by atoms with Gasteiger partial charge in [0.05, 0.1) is 17.5 Å². The first kappa shape index (κ1) is 13.9. The van der Waals surface area contributed by atoms with Gasteiger partial charge >= 0.3 is 0 Å². The summed E-state index contributed by atoms with van der Waals surface area (Å²) in [5, 5.41) is 11.0. The Hall–Kier alpha value is -2.05. The van der Waals surface area contributed by atoms with Crippen LogP contribution in [0.5, 0.6) is 0 Å². The van der Waals surface area contributed by atoms with E-state index in [1.165, 1.54) is 12.8 Å². The summed E-state index contributed by atoms with van der Waals surface area (Å²) >= 11 is 0. The van der Waals surface area contributed by atoms with Crippen LogP contribution in [0.25, 0.3) is 0 Å². The van der Waals surface area contributed by atoms with Gasteiger partial charge in [-0.3, -0.25) is 14.5 Å². The zero-order valence-electron chi connectivity index (χ0n) is 12.3. The summed E-state index contributed by atoms with van der Waals surface area (Å²) in [5.41, 5.74) is 6.92. The van der Waals surface area contributed by atoms with Crippen LogP contribution in [-0.4, -0.2) is 41.3 Å². The number of aromatic nitrogens is 2. The van der Waals surface area contributed by atoms with Gasteiger partial charge in [0.25, 0.3) is 5.91 Å². The average Bonchev–Trinajstić information content (AvgIpc) is 3.19. The van der Waals surface area contributed by atoms with Crippen LogP contribution in [0.2, 0.25) is 0 Å². The van der Waals surface area contributed by atoms with Crippen LogP contribution in [0.15, 0.2) is 11.2 Å². The van der Waals surface area contributed by atoms with Crippen molar-refractivity contribution < 1.29 is 4.79 Å². The van der Waals surface area contributed by atoms with Crippen LogP contribution in [0.4, 0.5) is 0 Å². The summed E-state index contributed by atoms with van der Waals surface area (Å²) in [6.07, 6.45) is 5.91. The molecule has 1 aromatic rings. The SMILES string of the molecule is CN=C(NCC1CCn2ncc(C(N)=O)c2C1)NC1CC1. The van der Waals surface area contributed by atoms with Crippen LogP contribution in [0, 0.1) is 5.92 Å². The molecule has 1 atom stereocenters. The van der Waals surface area contributed by atoms with Crippen molar-refractivity contribution in [1.29, 1.82) is 0 Å². The summed E-state index contributed by atoms with van der Waals surface area (Å²) in [4.78, 5) is 15.6. The van der Waals surface area contributed by atoms with Gasteiger partial charge in [0.15, 0.2) is 5.96 Å². The van der Waals surface area contributed by atoms with E-state index >= 15 is 0 Å². The van der Waals surface area contributed by atoms with E-state index in [0.29, 0.717) is 17.5 Å². The van der Waals surface area contributed by atoms with Gasteiger partial charge in [0.2, 0.25) is 0 Å². The number of primary amides is 1. The number of carbonyl (C=O) groups excluding carboxylic acids is 1. The molecule has 0 spiro atoms. The zero-order valence-corrected chi connectivity index (χ0v) is 12.3. The number of guanidine groups is 1. The minimum atomic E-state index is -0.393. The van der Waals surface area contributed by atoms with Gasteiger partial charge < -0.3 is 16.4 Å². The smallest absolute Gasteiger partial charge is 0.252 e. The standard InChI is InChI=1S/C14H22N6O/c1-16-14(19-10-2-3-10)17-7-9-4-5-20-12(6-9)11(8-18-20)13(15)21/h8-10H,2-7H2,1H3,(H2,15,21)(H2,16,17,19). The third-order valence-corrected chi connectivity index (χ3v) is 4.15. The Morgan fingerprint density at radius 1 is 1.52 bits per heavy atom. The predicted octanol–water partition coefficient (Wildman–Crippen LogP) is -0.128. The first-order valence-corrected chi connectivity index (χ1v) is 7.49. The maximum Gasteiger partial charge on any atom is 0.252 e. The normalized spacial score (nSPS) is 21.8. The van der Waals surface area contributed by atoms with Crippen molar-refractivity contribution in [2.75, 3.05) is 13.6 Å². The number of aliphatic imine (C=N–C) groups is 1. The molecule has 1 aliphatic heterocycles. The minimum Gasteiger partial charge on any atom is -0.365 e. The molecule has 7 heteroatoms. The Balaban J connectivity index is 1.58. The van der Waals surface area contributed by atoms with Crippen LogP contribution >= 0.6 is 0 Å². The van der Waals surface area contributed by atoms with Crippen LogP contribution in [-0.2, 0) is 13.0 Å². The highest BCUT2D eigenvalue weighted by atomic mass is 16.1. The molecular weight excluding hydrogens is 268 g/mol. The summed E-state index contributed by atoms with van der Waals surface area (Å²) in [6.45, 7) is 1.68. The topological polar surface area (TPSA) is 97.3 Å². The van der Waals surface area contributed by atoms with Crippen molar-refractivity contribution in [2.24, 2.45) is 16.6 Å². The van der Waals surface area contributed by atoms with Gasteiger partial charge in [-0.1, -0.05) is 0 Å². The molecule has 114 valence electrons. The molecule has 7 nitrogen and oxygen atoms in total. The second-order valence-electron chi connectivity index (χ2n) is 5.82. The van der Waals surface area contributed by atoms with Crippen molar-refractivity contribution in [2.45, 2.75) is 38.3 Å². The number of nitrogens with one attached hydrogen (secondary N) is 2. The highest BCUT2D eigenvalue weighted by molar-refractivity contribution is 5.93. The van der Waals surface area contributed by atoms with Crippen LogP contribution in [0.3, 0.4) is 0 Å². The summed E-state index contributed by atoms with van der Waals surface area (Å²) in [5.74, 6) is 0.938. The molecule has 3 rings (SSSR count). The lowest BCUT2D eigenvalue weighted by Gasteiger charge is -2.25. The molecule has 21 heavy (non-hydrogen) atoms. The Labute approximate surface area is 124 Å². The average molecular weight is 290 g/mol. The lowest BCUT2D eigenvalue weighted by molar-refractivity contribution is 0.0998. The number of aryl methyl sites for hydroxylation is 1. The molecule has 2 aliphatic rings. The van der Waals surface area contributed by atoms with Gasteiger partial charge in [-0.25, -0.2) is 0 Å². The molecule has 2 heterocycles. The zero-order chi connectivity index (χ0) is 14.8. The van der Waals surface area contributed by atoms with Gasteiger partial charge in [0.1, 0.15) is 0 Å². The molecular formula is C14H22N6O. The molecule has 0 radical (unpaired) electrons. The molecule has 1 aromatic heterocycles. The van der Waals surface area contributed by atoms with E-state index in [0.717, 1.165) is 37.6 Å². The van der Waals surface area contributed by atoms with Crippen molar-refractivity contribution in [3.8, 4) is 0 Å². The number of amides is 1. The van der Waals surface area contributed by atoms with Crippen molar-refractivity contribution in [1.82, 2.24) is 20.4 Å². The van der Waals surface area contributed by atoms with E-state index in [-0.39, 0.29) is 0 Å². The molecule has 0 aromatic carbocycles. The lowest BCUT2D eigenvalue weighted by atomic mass is 9.94. The maximum absolute atomic E-state index is 11.4. The molecule has 0 bridgehead atoms. The van der Waals surface area contributed by atoms with Gasteiger partial charge in [-0.05, 0) is 31.6 Å². The highest BCUT2D eigenvalue weighted by Crippen LogP contribution is 2.22. The van der Waals surface area contributed by atoms with Crippen LogP contribution in [0.1, 0.15) is 35.3 Å². The molecule has 0 saturated heterocycles. The Kier molecular flexibility index (Phi) is 3.81. The van der Waals surface area contributed by atoms with E-state index in [4.69, 9.17) is 5.73 Å². The Morgan fingerprint density at radius 2 is 2.33 bits per heavy atom. The first-order valence-electron chi connectivity index (χ1n) is 7.49. The fourth-order valence-electron chi connectivity index (χ4n) is 2.74. The second kappa shape index (κ2) is 5.75. The number of nitrogens with zero attached hydrogens (tertiary/aromatic N) is 3. The minimum absolute atomic E-state index is 0.393. The lowest BCUT2D eigenvalue weighted by Crippen LogP contribution is -2.42. The quantitative estimate of drug-likeness (QED) is 0.531. The van der Waals surface area contributed by atoms with E-state index in [2.05, 4.69) is 20.7 Å². The Bertz CT molecular complexity index is 560. The number of hydrogen-bond acceptors (Lipinski definition) is 3. The maximum atomic E-state index is 11.4. The monoisotopic (exact) mass is 290 g/mol. The summed E-state index contributed by atoms with van der Waals surface area (Å²) < 4.78 is 1.90. The summed E-state index contributed by atoms with van der Waals surface area (Å²) in [7, 11) is 1.79. The van der Waals surface area contributed by atoms with Crippen molar-refractivity contribution in [3.63, 3.8) is 0 Å². The molecule has 1 unspecified atom stereocenters. The van der Waals surface area contributed by atoms with Crippen molar-refractivity contribution in [3.05, 3.63) is 17.5 Å². The van der Waals surface area contributed by atoms with E-state index in [9.17, 15) is 4.79 Å². The third kappa shape index (κ3) is 3.17. The fraction of sp³-hybridized carbons (Fsp3) is 0.643. The molecule has 4 N–H and O–H groups in total.